The number of hydrogen-bond acceptors (Lipinski definition) is 6. The third-order valence-corrected chi connectivity index (χ3v) is 2.21. The highest BCUT2D eigenvalue weighted by molar-refractivity contribution is 5.40. The van der Waals surface area contributed by atoms with E-state index in [1.54, 1.807) is 0 Å². The van der Waals surface area contributed by atoms with Crippen molar-refractivity contribution in [3.05, 3.63) is 12.0 Å². The molecule has 0 amide bonds. The molecule has 0 spiro atoms. The van der Waals surface area contributed by atoms with Crippen LogP contribution in [0, 0.1) is 5.82 Å². The maximum absolute atomic E-state index is 13.4. The van der Waals surface area contributed by atoms with E-state index in [4.69, 9.17) is 4.74 Å². The Morgan fingerprint density at radius 3 is 2.94 bits per heavy atom. The van der Waals surface area contributed by atoms with Crippen molar-refractivity contribution in [2.24, 2.45) is 0 Å². The Balaban J connectivity index is 2.47. The topological polar surface area (TPSA) is 79.3 Å². The molecule has 0 saturated heterocycles. The standard InChI is InChI=1S/C11H19FN4O2/c1-3-13-11-15-6-9(12)10(16-11)14-5-4-8(17)7-18-2/h6,8,17H,3-5,7H2,1-2H3,(H2,13,14,15,16). The summed E-state index contributed by atoms with van der Waals surface area (Å²) in [6.07, 6.45) is 0.993. The fourth-order valence-electron chi connectivity index (χ4n) is 1.37. The van der Waals surface area contributed by atoms with Crippen LogP contribution < -0.4 is 10.6 Å². The molecule has 102 valence electrons. The molecule has 0 bridgehead atoms. The van der Waals surface area contributed by atoms with E-state index in [2.05, 4.69) is 20.6 Å². The Kier molecular flexibility index (Phi) is 6.31. The van der Waals surface area contributed by atoms with Crippen LogP contribution in [0.25, 0.3) is 0 Å². The number of anilines is 2. The van der Waals surface area contributed by atoms with Crippen LogP contribution in [0.1, 0.15) is 13.3 Å². The van der Waals surface area contributed by atoms with Gasteiger partial charge in [-0.1, -0.05) is 0 Å². The molecule has 0 saturated carbocycles. The van der Waals surface area contributed by atoms with Gasteiger partial charge in [-0.3, -0.25) is 0 Å². The average molecular weight is 258 g/mol. The van der Waals surface area contributed by atoms with Gasteiger partial charge in [-0.25, -0.2) is 9.37 Å². The van der Waals surface area contributed by atoms with E-state index in [1.165, 1.54) is 7.11 Å². The van der Waals surface area contributed by atoms with Crippen LogP contribution in [-0.2, 0) is 4.74 Å². The average Bonchev–Trinajstić information content (AvgIpc) is 2.34. The van der Waals surface area contributed by atoms with Crippen molar-refractivity contribution in [3.8, 4) is 0 Å². The SMILES string of the molecule is CCNc1ncc(F)c(NCCC(O)COC)n1. The number of nitrogens with one attached hydrogen (secondary N) is 2. The van der Waals surface area contributed by atoms with Crippen LogP contribution in [-0.4, -0.2) is 48.0 Å². The van der Waals surface area contributed by atoms with Crippen molar-refractivity contribution in [1.29, 1.82) is 0 Å². The van der Waals surface area contributed by atoms with Gasteiger partial charge in [0.2, 0.25) is 5.95 Å². The summed E-state index contributed by atoms with van der Waals surface area (Å²) in [4.78, 5) is 7.78. The van der Waals surface area contributed by atoms with Crippen molar-refractivity contribution < 1.29 is 14.2 Å². The molecular weight excluding hydrogens is 239 g/mol. The summed E-state index contributed by atoms with van der Waals surface area (Å²) in [7, 11) is 1.52. The highest BCUT2D eigenvalue weighted by Crippen LogP contribution is 2.11. The summed E-state index contributed by atoms with van der Waals surface area (Å²) in [5.74, 6) is -0.0118. The summed E-state index contributed by atoms with van der Waals surface area (Å²) in [6, 6.07) is 0. The highest BCUT2D eigenvalue weighted by atomic mass is 19.1. The first-order valence-electron chi connectivity index (χ1n) is 5.84. The molecule has 18 heavy (non-hydrogen) atoms. The van der Waals surface area contributed by atoms with Crippen LogP contribution >= 0.6 is 0 Å². The number of aliphatic hydroxyl groups is 1. The van der Waals surface area contributed by atoms with Crippen LogP contribution in [0.5, 0.6) is 0 Å². The predicted octanol–water partition coefficient (Wildman–Crippen LogP) is 0.857. The van der Waals surface area contributed by atoms with Gasteiger partial charge < -0.3 is 20.5 Å². The zero-order valence-electron chi connectivity index (χ0n) is 10.6. The fourth-order valence-corrected chi connectivity index (χ4v) is 1.37. The Labute approximate surface area is 106 Å². The van der Waals surface area contributed by atoms with Crippen LogP contribution in [0.15, 0.2) is 6.20 Å². The van der Waals surface area contributed by atoms with Crippen molar-refractivity contribution in [2.45, 2.75) is 19.4 Å². The number of hydrogen-bond donors (Lipinski definition) is 3. The van der Waals surface area contributed by atoms with Gasteiger partial charge in [0.25, 0.3) is 0 Å². The van der Waals surface area contributed by atoms with Gasteiger partial charge in [-0.15, -0.1) is 0 Å². The number of methoxy groups -OCH3 is 1. The molecule has 1 unspecified atom stereocenters. The number of ether oxygens (including phenoxy) is 1. The van der Waals surface area contributed by atoms with E-state index >= 15 is 0 Å². The summed E-state index contributed by atoms with van der Waals surface area (Å²) >= 11 is 0. The molecule has 1 rings (SSSR count). The maximum Gasteiger partial charge on any atom is 0.224 e. The summed E-state index contributed by atoms with van der Waals surface area (Å²) in [5, 5.41) is 15.1. The minimum atomic E-state index is -0.569. The van der Waals surface area contributed by atoms with Crippen molar-refractivity contribution in [2.75, 3.05) is 37.4 Å². The molecule has 3 N–H and O–H groups in total. The lowest BCUT2D eigenvalue weighted by Crippen LogP contribution is -2.19. The van der Waals surface area contributed by atoms with Crippen molar-refractivity contribution in [1.82, 2.24) is 9.97 Å². The zero-order chi connectivity index (χ0) is 13.4. The van der Waals surface area contributed by atoms with Crippen LogP contribution in [0.4, 0.5) is 16.2 Å². The molecule has 1 atom stereocenters. The summed E-state index contributed by atoms with van der Waals surface area (Å²) in [6.45, 7) is 3.24. The number of nitrogens with zero attached hydrogens (tertiary/aromatic N) is 2. The number of rotatable bonds is 8. The molecule has 6 nitrogen and oxygen atoms in total. The molecule has 0 aliphatic heterocycles. The molecule has 0 aromatic carbocycles. The second kappa shape index (κ2) is 7.78. The van der Waals surface area contributed by atoms with Gasteiger partial charge in [0.05, 0.1) is 18.9 Å². The van der Waals surface area contributed by atoms with E-state index in [0.29, 0.717) is 25.5 Å². The third kappa shape index (κ3) is 4.80. The van der Waals surface area contributed by atoms with Gasteiger partial charge in [-0.2, -0.15) is 4.98 Å². The first kappa shape index (κ1) is 14.6. The first-order valence-corrected chi connectivity index (χ1v) is 5.84. The second-order valence-corrected chi connectivity index (χ2v) is 3.75. The first-order chi connectivity index (χ1) is 8.67. The highest BCUT2D eigenvalue weighted by Gasteiger charge is 2.07. The molecule has 0 fully saturated rings. The smallest absolute Gasteiger partial charge is 0.224 e. The van der Waals surface area contributed by atoms with Crippen molar-refractivity contribution >= 4 is 11.8 Å². The normalized spacial score (nSPS) is 12.2. The molecular formula is C11H19FN4O2. The third-order valence-electron chi connectivity index (χ3n) is 2.21. The van der Waals surface area contributed by atoms with Gasteiger partial charge >= 0.3 is 0 Å². The van der Waals surface area contributed by atoms with Gasteiger partial charge in [-0.05, 0) is 13.3 Å². The Morgan fingerprint density at radius 2 is 2.28 bits per heavy atom. The van der Waals surface area contributed by atoms with E-state index in [1.807, 2.05) is 6.92 Å². The lowest BCUT2D eigenvalue weighted by molar-refractivity contribution is 0.0615. The van der Waals surface area contributed by atoms with Gasteiger partial charge in [0.15, 0.2) is 11.6 Å². The number of aliphatic hydroxyl groups excluding tert-OH is 1. The Morgan fingerprint density at radius 1 is 1.50 bits per heavy atom. The molecule has 0 aliphatic carbocycles. The lowest BCUT2D eigenvalue weighted by atomic mass is 10.2. The summed E-state index contributed by atoms with van der Waals surface area (Å²) in [5.41, 5.74) is 0. The quantitative estimate of drug-likeness (QED) is 0.641. The van der Waals surface area contributed by atoms with E-state index in [0.717, 1.165) is 6.20 Å². The number of halogens is 1. The fraction of sp³-hybridized carbons (Fsp3) is 0.636. The minimum Gasteiger partial charge on any atom is -0.391 e. The van der Waals surface area contributed by atoms with Crippen LogP contribution in [0.2, 0.25) is 0 Å². The monoisotopic (exact) mass is 258 g/mol. The molecule has 7 heteroatoms. The maximum atomic E-state index is 13.4. The largest absolute Gasteiger partial charge is 0.391 e. The molecule has 0 radical (unpaired) electrons. The van der Waals surface area contributed by atoms with Crippen LogP contribution in [0.3, 0.4) is 0 Å². The number of aromatic nitrogens is 2. The van der Waals surface area contributed by atoms with Crippen molar-refractivity contribution in [3.63, 3.8) is 0 Å². The summed E-state index contributed by atoms with van der Waals surface area (Å²) < 4.78 is 18.2. The van der Waals surface area contributed by atoms with Gasteiger partial charge in [0.1, 0.15) is 0 Å². The zero-order valence-corrected chi connectivity index (χ0v) is 10.6. The second-order valence-electron chi connectivity index (χ2n) is 3.75. The lowest BCUT2D eigenvalue weighted by Gasteiger charge is -2.11. The Bertz CT molecular complexity index is 365. The van der Waals surface area contributed by atoms with E-state index in [-0.39, 0.29) is 12.4 Å². The minimum absolute atomic E-state index is 0.130. The van der Waals surface area contributed by atoms with E-state index < -0.39 is 11.9 Å². The molecule has 1 aromatic rings. The molecule has 1 aromatic heterocycles. The Hall–Kier alpha value is -1.47. The van der Waals surface area contributed by atoms with E-state index in [9.17, 15) is 9.50 Å². The predicted molar refractivity (Wildman–Crippen MR) is 67.1 cm³/mol. The molecule has 1 heterocycles. The van der Waals surface area contributed by atoms with Gasteiger partial charge in [0, 0.05) is 20.2 Å². The molecule has 0 aliphatic rings.